The highest BCUT2D eigenvalue weighted by Crippen LogP contribution is 2.19. The van der Waals surface area contributed by atoms with Crippen molar-refractivity contribution in [3.05, 3.63) is 57.5 Å². The molecule has 3 rings (SSSR count). The molecule has 0 bridgehead atoms. The van der Waals surface area contributed by atoms with E-state index < -0.39 is 0 Å². The molecule has 0 radical (unpaired) electrons. The summed E-state index contributed by atoms with van der Waals surface area (Å²) >= 11 is 1.45. The first-order valence-corrected chi connectivity index (χ1v) is 11.4. The zero-order valence-corrected chi connectivity index (χ0v) is 18.7. The number of carbonyl (C=O) groups is 2. The van der Waals surface area contributed by atoms with E-state index in [0.717, 1.165) is 5.56 Å². The van der Waals surface area contributed by atoms with E-state index in [1.165, 1.54) is 11.8 Å². The van der Waals surface area contributed by atoms with Gasteiger partial charge in [0.25, 0.3) is 5.56 Å². The van der Waals surface area contributed by atoms with Gasteiger partial charge in [0, 0.05) is 36.1 Å². The molecule has 1 aliphatic heterocycles. The molecule has 0 atom stereocenters. The Morgan fingerprint density at radius 1 is 1.26 bits per heavy atom. The van der Waals surface area contributed by atoms with Crippen LogP contribution in [0.2, 0.25) is 0 Å². The molecule has 1 saturated heterocycles. The molecule has 1 aromatic carbocycles. The summed E-state index contributed by atoms with van der Waals surface area (Å²) in [5, 5.41) is 3.51. The maximum absolute atomic E-state index is 12.5. The van der Waals surface area contributed by atoms with Gasteiger partial charge in [0.2, 0.25) is 5.91 Å². The smallest absolute Gasteiger partial charge is 0.409 e. The zero-order valence-electron chi connectivity index (χ0n) is 17.8. The maximum atomic E-state index is 12.5. The van der Waals surface area contributed by atoms with E-state index in [-0.39, 0.29) is 30.0 Å². The molecule has 2 aromatic rings. The van der Waals surface area contributed by atoms with Crippen LogP contribution in [0.5, 0.6) is 0 Å². The first-order valence-electron chi connectivity index (χ1n) is 10.4. The number of rotatable bonds is 7. The van der Waals surface area contributed by atoms with Gasteiger partial charge in [0.1, 0.15) is 0 Å². The average molecular weight is 445 g/mol. The molecule has 31 heavy (non-hydrogen) atoms. The summed E-state index contributed by atoms with van der Waals surface area (Å²) in [5.41, 5.74) is 1.80. The number of nitrogens with one attached hydrogen (secondary N) is 2. The monoisotopic (exact) mass is 444 g/mol. The SMILES string of the molecule is CCOC(=O)N1CCC(NC(=O)Cc2c(C)nc(SCc3ccccc3)[nH]c2=O)CC1. The van der Waals surface area contributed by atoms with Crippen LogP contribution in [-0.2, 0) is 21.7 Å². The third kappa shape index (κ3) is 6.58. The van der Waals surface area contributed by atoms with E-state index in [9.17, 15) is 14.4 Å². The molecule has 2 amide bonds. The predicted octanol–water partition coefficient (Wildman–Crippen LogP) is 2.65. The molecule has 0 unspecified atom stereocenters. The summed E-state index contributed by atoms with van der Waals surface area (Å²) in [6.07, 6.45) is 0.988. The quantitative estimate of drug-likeness (QED) is 0.503. The number of ether oxygens (including phenoxy) is 1. The number of carbonyl (C=O) groups excluding carboxylic acids is 2. The number of benzene rings is 1. The maximum Gasteiger partial charge on any atom is 0.409 e. The molecular weight excluding hydrogens is 416 g/mol. The van der Waals surface area contributed by atoms with Gasteiger partial charge in [-0.15, -0.1) is 0 Å². The summed E-state index contributed by atoms with van der Waals surface area (Å²) in [6.45, 7) is 4.96. The minimum atomic E-state index is -0.314. The number of amides is 2. The number of hydrogen-bond acceptors (Lipinski definition) is 6. The molecule has 166 valence electrons. The number of aromatic amines is 1. The van der Waals surface area contributed by atoms with Crippen molar-refractivity contribution in [2.75, 3.05) is 19.7 Å². The Bertz CT molecular complexity index is 956. The first-order chi connectivity index (χ1) is 15.0. The second kappa shape index (κ2) is 11.0. The number of hydrogen-bond donors (Lipinski definition) is 2. The van der Waals surface area contributed by atoms with Crippen LogP contribution in [0.1, 0.15) is 36.6 Å². The second-order valence-electron chi connectivity index (χ2n) is 7.41. The molecule has 2 N–H and O–H groups in total. The Labute approximate surface area is 185 Å². The summed E-state index contributed by atoms with van der Waals surface area (Å²) < 4.78 is 5.01. The summed E-state index contributed by atoms with van der Waals surface area (Å²) in [5.74, 6) is 0.489. The van der Waals surface area contributed by atoms with Crippen molar-refractivity contribution in [2.45, 2.75) is 50.1 Å². The highest BCUT2D eigenvalue weighted by Gasteiger charge is 2.25. The highest BCUT2D eigenvalue weighted by atomic mass is 32.2. The fourth-order valence-electron chi connectivity index (χ4n) is 3.45. The molecule has 1 aliphatic rings. The lowest BCUT2D eigenvalue weighted by Gasteiger charge is -2.31. The topological polar surface area (TPSA) is 104 Å². The first kappa shape index (κ1) is 22.9. The molecule has 0 spiro atoms. The highest BCUT2D eigenvalue weighted by molar-refractivity contribution is 7.98. The average Bonchev–Trinajstić information content (AvgIpc) is 2.76. The van der Waals surface area contributed by atoms with Gasteiger partial charge in [-0.1, -0.05) is 42.1 Å². The van der Waals surface area contributed by atoms with Gasteiger partial charge in [-0.25, -0.2) is 9.78 Å². The van der Waals surface area contributed by atoms with Crippen LogP contribution >= 0.6 is 11.8 Å². The normalized spacial score (nSPS) is 14.3. The molecule has 2 heterocycles. The predicted molar refractivity (Wildman–Crippen MR) is 119 cm³/mol. The molecule has 8 nitrogen and oxygen atoms in total. The number of nitrogens with zero attached hydrogens (tertiary/aromatic N) is 2. The molecule has 0 aliphatic carbocycles. The van der Waals surface area contributed by atoms with Crippen molar-refractivity contribution >= 4 is 23.8 Å². The Hall–Kier alpha value is -2.81. The lowest BCUT2D eigenvalue weighted by atomic mass is 10.0. The van der Waals surface area contributed by atoms with Crippen molar-refractivity contribution in [1.29, 1.82) is 0 Å². The third-order valence-electron chi connectivity index (χ3n) is 5.14. The Morgan fingerprint density at radius 2 is 1.97 bits per heavy atom. The van der Waals surface area contributed by atoms with E-state index in [0.29, 0.717) is 54.7 Å². The standard InChI is InChI=1S/C22H28N4O4S/c1-3-30-22(29)26-11-9-17(10-12-26)24-19(27)13-18-15(2)23-21(25-20(18)28)31-14-16-7-5-4-6-8-16/h4-8,17H,3,9-14H2,1-2H3,(H,24,27)(H,23,25,28). The van der Waals surface area contributed by atoms with Crippen LogP contribution in [0.3, 0.4) is 0 Å². The second-order valence-corrected chi connectivity index (χ2v) is 8.38. The van der Waals surface area contributed by atoms with E-state index in [1.54, 1.807) is 18.7 Å². The largest absolute Gasteiger partial charge is 0.450 e. The number of thioether (sulfide) groups is 1. The Kier molecular flexibility index (Phi) is 8.11. The molecule has 9 heteroatoms. The number of aromatic nitrogens is 2. The van der Waals surface area contributed by atoms with E-state index in [4.69, 9.17) is 4.74 Å². The minimum Gasteiger partial charge on any atom is -0.450 e. The van der Waals surface area contributed by atoms with Crippen LogP contribution in [-0.4, -0.2) is 52.6 Å². The van der Waals surface area contributed by atoms with Gasteiger partial charge in [0.05, 0.1) is 13.0 Å². The third-order valence-corrected chi connectivity index (χ3v) is 6.09. The Balaban J connectivity index is 1.52. The number of likely N-dealkylation sites (tertiary alicyclic amines) is 1. The molecule has 0 saturated carbocycles. The van der Waals surface area contributed by atoms with Crippen LogP contribution in [0.15, 0.2) is 40.3 Å². The van der Waals surface area contributed by atoms with E-state index >= 15 is 0 Å². The lowest BCUT2D eigenvalue weighted by molar-refractivity contribution is -0.121. The van der Waals surface area contributed by atoms with E-state index in [2.05, 4.69) is 15.3 Å². The van der Waals surface area contributed by atoms with Gasteiger partial charge in [-0.3, -0.25) is 9.59 Å². The molecule has 1 aromatic heterocycles. The number of piperidine rings is 1. The van der Waals surface area contributed by atoms with Crippen molar-refractivity contribution < 1.29 is 14.3 Å². The van der Waals surface area contributed by atoms with Crippen molar-refractivity contribution in [3.8, 4) is 0 Å². The fourth-order valence-corrected chi connectivity index (χ4v) is 4.31. The van der Waals surface area contributed by atoms with Gasteiger partial charge in [0.15, 0.2) is 5.16 Å². The molecular formula is C22H28N4O4S. The number of aryl methyl sites for hydroxylation is 1. The van der Waals surface area contributed by atoms with Gasteiger partial charge in [-0.05, 0) is 32.3 Å². The van der Waals surface area contributed by atoms with Crippen molar-refractivity contribution in [3.63, 3.8) is 0 Å². The van der Waals surface area contributed by atoms with Gasteiger partial charge >= 0.3 is 6.09 Å². The van der Waals surface area contributed by atoms with Crippen LogP contribution in [0.4, 0.5) is 4.79 Å². The minimum absolute atomic E-state index is 0.0180. The van der Waals surface area contributed by atoms with Gasteiger partial charge < -0.3 is 19.9 Å². The zero-order chi connectivity index (χ0) is 22.2. The number of H-pyrrole nitrogens is 1. The Morgan fingerprint density at radius 3 is 2.61 bits per heavy atom. The molecule has 1 fully saturated rings. The fraction of sp³-hybridized carbons (Fsp3) is 0.455. The van der Waals surface area contributed by atoms with Crippen molar-refractivity contribution in [1.82, 2.24) is 20.2 Å². The summed E-state index contributed by atoms with van der Waals surface area (Å²) in [7, 11) is 0. The van der Waals surface area contributed by atoms with Gasteiger partial charge in [-0.2, -0.15) is 0 Å². The van der Waals surface area contributed by atoms with E-state index in [1.807, 2.05) is 30.3 Å². The lowest BCUT2D eigenvalue weighted by Crippen LogP contribution is -2.47. The summed E-state index contributed by atoms with van der Waals surface area (Å²) in [6, 6.07) is 9.93. The van der Waals surface area contributed by atoms with Crippen LogP contribution in [0.25, 0.3) is 0 Å². The van der Waals surface area contributed by atoms with Crippen LogP contribution < -0.4 is 10.9 Å². The van der Waals surface area contributed by atoms with Crippen molar-refractivity contribution in [2.24, 2.45) is 0 Å². The van der Waals surface area contributed by atoms with Crippen LogP contribution in [0, 0.1) is 6.92 Å². The summed E-state index contributed by atoms with van der Waals surface area (Å²) in [4.78, 5) is 45.7.